The fourth-order valence-corrected chi connectivity index (χ4v) is 3.45. The average molecular weight is 433 g/mol. The highest BCUT2D eigenvalue weighted by Gasteiger charge is 2.15. The maximum absolute atomic E-state index is 6.19. The monoisotopic (exact) mass is 431 g/mol. The maximum atomic E-state index is 6.19. The predicted molar refractivity (Wildman–Crippen MR) is 112 cm³/mol. The lowest BCUT2D eigenvalue weighted by Gasteiger charge is -2.15. The summed E-state index contributed by atoms with van der Waals surface area (Å²) in [6.07, 6.45) is 2.62. The molecule has 1 saturated heterocycles. The summed E-state index contributed by atoms with van der Waals surface area (Å²) in [6, 6.07) is 11.3. The quantitative estimate of drug-likeness (QED) is 0.617. The molecule has 0 bridgehead atoms. The van der Waals surface area contributed by atoms with Crippen LogP contribution in [0.25, 0.3) is 0 Å². The van der Waals surface area contributed by atoms with Crippen molar-refractivity contribution in [2.24, 2.45) is 0 Å². The Kier molecular flexibility index (Phi) is 9.00. The lowest BCUT2D eigenvalue weighted by Crippen LogP contribution is -2.25. The summed E-state index contributed by atoms with van der Waals surface area (Å²) in [5.74, 6) is 1.34. The Labute approximate surface area is 176 Å². The normalized spacial score (nSPS) is 16.0. The number of methoxy groups -OCH3 is 1. The molecule has 0 amide bonds. The first-order valence-corrected chi connectivity index (χ1v) is 9.48. The van der Waals surface area contributed by atoms with E-state index in [1.165, 1.54) is 0 Å². The highest BCUT2D eigenvalue weighted by atomic mass is 35.5. The summed E-state index contributed by atoms with van der Waals surface area (Å²) in [6.45, 7) is 2.78. The van der Waals surface area contributed by atoms with Crippen LogP contribution < -0.4 is 14.8 Å². The van der Waals surface area contributed by atoms with Crippen LogP contribution in [-0.4, -0.2) is 26.4 Å². The van der Waals surface area contributed by atoms with E-state index in [0.717, 1.165) is 43.7 Å². The van der Waals surface area contributed by atoms with E-state index in [0.29, 0.717) is 27.6 Å². The second-order valence-corrected chi connectivity index (χ2v) is 7.05. The molecule has 0 saturated carbocycles. The maximum Gasteiger partial charge on any atom is 0.161 e. The van der Waals surface area contributed by atoms with Crippen molar-refractivity contribution < 1.29 is 14.2 Å². The van der Waals surface area contributed by atoms with Crippen molar-refractivity contribution in [2.75, 3.05) is 20.3 Å². The van der Waals surface area contributed by atoms with Crippen LogP contribution in [0, 0.1) is 0 Å². The SMILES string of the molecule is COc1cc(CNCC2CCCO2)ccc1OCc1c(Cl)cccc1Cl.Cl. The smallest absolute Gasteiger partial charge is 0.161 e. The number of nitrogens with one attached hydrogen (secondary N) is 1. The number of ether oxygens (including phenoxy) is 3. The number of halogens is 3. The zero-order valence-corrected chi connectivity index (χ0v) is 17.5. The predicted octanol–water partition coefficient (Wildman–Crippen LogP) is 5.27. The molecule has 0 aliphatic carbocycles. The van der Waals surface area contributed by atoms with E-state index in [-0.39, 0.29) is 19.0 Å². The van der Waals surface area contributed by atoms with E-state index in [4.69, 9.17) is 37.4 Å². The van der Waals surface area contributed by atoms with Gasteiger partial charge in [0.25, 0.3) is 0 Å². The molecule has 148 valence electrons. The highest BCUT2D eigenvalue weighted by molar-refractivity contribution is 6.35. The second kappa shape index (κ2) is 11.0. The van der Waals surface area contributed by atoms with Crippen molar-refractivity contribution in [2.45, 2.75) is 32.1 Å². The Hall–Kier alpha value is -1.17. The van der Waals surface area contributed by atoms with Crippen LogP contribution in [0.1, 0.15) is 24.0 Å². The Bertz CT molecular complexity index is 716. The number of hydrogen-bond donors (Lipinski definition) is 1. The summed E-state index contributed by atoms with van der Waals surface area (Å²) in [4.78, 5) is 0. The molecule has 2 aromatic carbocycles. The molecule has 1 fully saturated rings. The fourth-order valence-electron chi connectivity index (χ4n) is 2.94. The van der Waals surface area contributed by atoms with E-state index in [9.17, 15) is 0 Å². The molecular formula is C20H24Cl3NO3. The van der Waals surface area contributed by atoms with Crippen LogP contribution in [0.2, 0.25) is 10.0 Å². The van der Waals surface area contributed by atoms with Gasteiger partial charge >= 0.3 is 0 Å². The minimum atomic E-state index is 0. The van der Waals surface area contributed by atoms with Crippen molar-refractivity contribution in [3.8, 4) is 11.5 Å². The van der Waals surface area contributed by atoms with E-state index < -0.39 is 0 Å². The standard InChI is InChI=1S/C20H23Cl2NO3.ClH/c1-24-20-10-14(11-23-12-15-4-3-9-25-15)7-8-19(20)26-13-16-17(21)5-2-6-18(16)22;/h2,5-8,10,15,23H,3-4,9,11-13H2,1H3;1H. The summed E-state index contributed by atoms with van der Waals surface area (Å²) >= 11 is 12.4. The van der Waals surface area contributed by atoms with E-state index >= 15 is 0 Å². The second-order valence-electron chi connectivity index (χ2n) is 6.24. The first kappa shape index (κ1) is 22.1. The molecule has 4 nitrogen and oxygen atoms in total. The van der Waals surface area contributed by atoms with Gasteiger partial charge in [0, 0.05) is 35.3 Å². The van der Waals surface area contributed by atoms with Crippen molar-refractivity contribution in [1.29, 1.82) is 0 Å². The van der Waals surface area contributed by atoms with Crippen LogP contribution in [0.4, 0.5) is 0 Å². The van der Waals surface area contributed by atoms with Gasteiger partial charge in [0.2, 0.25) is 0 Å². The van der Waals surface area contributed by atoms with E-state index in [2.05, 4.69) is 5.32 Å². The van der Waals surface area contributed by atoms with E-state index in [1.807, 2.05) is 24.3 Å². The fraction of sp³-hybridized carbons (Fsp3) is 0.400. The zero-order valence-electron chi connectivity index (χ0n) is 15.2. The lowest BCUT2D eigenvalue weighted by molar-refractivity contribution is 0.110. The van der Waals surface area contributed by atoms with Gasteiger partial charge in [0.15, 0.2) is 11.5 Å². The molecule has 0 aromatic heterocycles. The lowest BCUT2D eigenvalue weighted by atomic mass is 10.2. The highest BCUT2D eigenvalue weighted by Crippen LogP contribution is 2.31. The molecule has 0 radical (unpaired) electrons. The van der Waals surface area contributed by atoms with Crippen LogP contribution >= 0.6 is 35.6 Å². The van der Waals surface area contributed by atoms with Crippen molar-refractivity contribution in [1.82, 2.24) is 5.32 Å². The number of benzene rings is 2. The molecule has 1 atom stereocenters. The molecule has 2 aromatic rings. The van der Waals surface area contributed by atoms with Gasteiger partial charge in [-0.1, -0.05) is 35.3 Å². The van der Waals surface area contributed by atoms with E-state index in [1.54, 1.807) is 19.2 Å². The molecule has 1 heterocycles. The number of rotatable bonds is 8. The topological polar surface area (TPSA) is 39.7 Å². The summed E-state index contributed by atoms with van der Waals surface area (Å²) in [7, 11) is 1.63. The average Bonchev–Trinajstić information content (AvgIpc) is 3.15. The third-order valence-corrected chi connectivity index (χ3v) is 5.10. The van der Waals surface area contributed by atoms with Gasteiger partial charge in [-0.2, -0.15) is 0 Å². The van der Waals surface area contributed by atoms with Crippen molar-refractivity contribution >= 4 is 35.6 Å². The van der Waals surface area contributed by atoms with Gasteiger partial charge in [0.05, 0.1) is 13.2 Å². The van der Waals surface area contributed by atoms with Crippen molar-refractivity contribution in [3.63, 3.8) is 0 Å². The van der Waals surface area contributed by atoms with Gasteiger partial charge in [0.1, 0.15) is 6.61 Å². The summed E-state index contributed by atoms with van der Waals surface area (Å²) in [5, 5.41) is 4.61. The number of hydrogen-bond acceptors (Lipinski definition) is 4. The van der Waals surface area contributed by atoms with Gasteiger partial charge in [-0.15, -0.1) is 12.4 Å². The third-order valence-electron chi connectivity index (χ3n) is 4.39. The zero-order chi connectivity index (χ0) is 18.4. The molecule has 0 spiro atoms. The minimum Gasteiger partial charge on any atom is -0.493 e. The largest absolute Gasteiger partial charge is 0.493 e. The van der Waals surface area contributed by atoms with Crippen molar-refractivity contribution in [3.05, 3.63) is 57.6 Å². The van der Waals surface area contributed by atoms with Crippen LogP contribution in [0.15, 0.2) is 36.4 Å². The summed E-state index contributed by atoms with van der Waals surface area (Å²) < 4.78 is 17.0. The molecule has 1 aliphatic heterocycles. The van der Waals surface area contributed by atoms with Crippen LogP contribution in [-0.2, 0) is 17.9 Å². The molecule has 1 N–H and O–H groups in total. The van der Waals surface area contributed by atoms with Crippen LogP contribution in [0.5, 0.6) is 11.5 Å². The third kappa shape index (κ3) is 6.16. The Morgan fingerprint density at radius 3 is 2.59 bits per heavy atom. The van der Waals surface area contributed by atoms with Crippen LogP contribution in [0.3, 0.4) is 0 Å². The molecule has 1 unspecified atom stereocenters. The molecular weight excluding hydrogens is 409 g/mol. The molecule has 7 heteroatoms. The minimum absolute atomic E-state index is 0. The first-order valence-electron chi connectivity index (χ1n) is 8.72. The Morgan fingerprint density at radius 2 is 1.93 bits per heavy atom. The Balaban J connectivity index is 0.00000261. The van der Waals surface area contributed by atoms with Gasteiger partial charge in [-0.05, 0) is 42.7 Å². The molecule has 27 heavy (non-hydrogen) atoms. The summed E-state index contributed by atoms with van der Waals surface area (Å²) in [5.41, 5.74) is 1.89. The van der Waals surface area contributed by atoms with Gasteiger partial charge < -0.3 is 19.5 Å². The molecule has 1 aliphatic rings. The van der Waals surface area contributed by atoms with Gasteiger partial charge in [-0.25, -0.2) is 0 Å². The molecule has 3 rings (SSSR count). The van der Waals surface area contributed by atoms with Gasteiger partial charge in [-0.3, -0.25) is 0 Å². The Morgan fingerprint density at radius 1 is 1.15 bits per heavy atom. The first-order chi connectivity index (χ1) is 12.7.